The molecule has 0 radical (unpaired) electrons. The Balaban J connectivity index is 1.55. The number of hydrogen-bond donors (Lipinski definition) is 1. The fraction of sp³-hybridized carbons (Fsp3) is 0.350. The van der Waals surface area contributed by atoms with Crippen LogP contribution in [0.1, 0.15) is 47.3 Å². The molecule has 146 valence electrons. The van der Waals surface area contributed by atoms with E-state index in [1.54, 1.807) is 12.1 Å². The Morgan fingerprint density at radius 3 is 2.57 bits per heavy atom. The van der Waals surface area contributed by atoms with Gasteiger partial charge in [0, 0.05) is 19.5 Å². The van der Waals surface area contributed by atoms with Crippen molar-refractivity contribution in [3.05, 3.63) is 64.3 Å². The van der Waals surface area contributed by atoms with E-state index in [0.717, 1.165) is 31.5 Å². The number of carbonyl (C=O) groups excluding carboxylic acids is 1. The van der Waals surface area contributed by atoms with Crippen molar-refractivity contribution >= 4 is 27.9 Å². The molecular formula is C20H21BrN4O3. The minimum Gasteiger partial charge on any atom is -0.444 e. The van der Waals surface area contributed by atoms with E-state index in [2.05, 4.69) is 36.3 Å². The quantitative estimate of drug-likeness (QED) is 0.615. The maximum Gasteiger partial charge on any atom is 0.318 e. The van der Waals surface area contributed by atoms with E-state index in [1.807, 2.05) is 30.3 Å². The molecule has 7 nitrogen and oxygen atoms in total. The summed E-state index contributed by atoms with van der Waals surface area (Å²) in [4.78, 5) is 14.7. The van der Waals surface area contributed by atoms with Gasteiger partial charge < -0.3 is 19.1 Å². The molecule has 1 fully saturated rings. The number of nitrogens with zero attached hydrogens (tertiary/aromatic N) is 3. The Morgan fingerprint density at radius 1 is 1.07 bits per heavy atom. The van der Waals surface area contributed by atoms with Crippen molar-refractivity contribution in [3.63, 3.8) is 0 Å². The predicted molar refractivity (Wildman–Crippen MR) is 107 cm³/mol. The van der Waals surface area contributed by atoms with Crippen molar-refractivity contribution in [2.45, 2.75) is 31.7 Å². The molecule has 0 spiro atoms. The van der Waals surface area contributed by atoms with Gasteiger partial charge >= 0.3 is 6.01 Å². The lowest BCUT2D eigenvalue weighted by molar-refractivity contribution is 0.0900. The second kappa shape index (κ2) is 8.60. The molecule has 1 amide bonds. The third-order valence-corrected chi connectivity index (χ3v) is 5.17. The highest BCUT2D eigenvalue weighted by molar-refractivity contribution is 9.10. The molecule has 3 aromatic rings. The summed E-state index contributed by atoms with van der Waals surface area (Å²) in [5.41, 5.74) is 1.06. The topological polar surface area (TPSA) is 84.4 Å². The zero-order chi connectivity index (χ0) is 19.3. The van der Waals surface area contributed by atoms with Gasteiger partial charge in [-0.15, -0.1) is 5.10 Å². The number of halogens is 1. The van der Waals surface area contributed by atoms with Gasteiger partial charge in [-0.1, -0.05) is 35.4 Å². The van der Waals surface area contributed by atoms with E-state index in [9.17, 15) is 4.79 Å². The maximum atomic E-state index is 12.6. The monoisotopic (exact) mass is 444 g/mol. The SMILES string of the molecule is O=C(N[C@@H](Cc1ccccc1)c1nnc(N2CCCCC2)o1)c1ccc(Br)o1. The number of amides is 1. The summed E-state index contributed by atoms with van der Waals surface area (Å²) >= 11 is 3.22. The average molecular weight is 445 g/mol. The van der Waals surface area contributed by atoms with Gasteiger partial charge in [-0.3, -0.25) is 4.79 Å². The molecule has 1 aromatic carbocycles. The number of hydrogen-bond acceptors (Lipinski definition) is 6. The molecule has 8 heteroatoms. The van der Waals surface area contributed by atoms with Gasteiger partial charge in [-0.2, -0.15) is 0 Å². The molecule has 0 bridgehead atoms. The summed E-state index contributed by atoms with van der Waals surface area (Å²) in [7, 11) is 0. The molecule has 28 heavy (non-hydrogen) atoms. The van der Waals surface area contributed by atoms with Crippen LogP contribution in [-0.2, 0) is 6.42 Å². The number of aromatic nitrogens is 2. The molecule has 1 aliphatic rings. The molecule has 3 heterocycles. The Kier molecular flexibility index (Phi) is 5.76. The Hall–Kier alpha value is -2.61. The lowest BCUT2D eigenvalue weighted by Gasteiger charge is -2.24. The summed E-state index contributed by atoms with van der Waals surface area (Å²) in [6.45, 7) is 1.83. The van der Waals surface area contributed by atoms with Crippen LogP contribution in [0.5, 0.6) is 0 Å². The summed E-state index contributed by atoms with van der Waals surface area (Å²) in [5.74, 6) is 0.286. The van der Waals surface area contributed by atoms with Crippen molar-refractivity contribution in [2.75, 3.05) is 18.0 Å². The van der Waals surface area contributed by atoms with Gasteiger partial charge in [-0.05, 0) is 52.9 Å². The molecule has 0 saturated carbocycles. The lowest BCUT2D eigenvalue weighted by atomic mass is 10.1. The zero-order valence-electron chi connectivity index (χ0n) is 15.3. The molecule has 2 aromatic heterocycles. The second-order valence-corrected chi connectivity index (χ2v) is 7.57. The van der Waals surface area contributed by atoms with E-state index < -0.39 is 6.04 Å². The Morgan fingerprint density at radius 2 is 1.86 bits per heavy atom. The van der Waals surface area contributed by atoms with Crippen molar-refractivity contribution in [1.82, 2.24) is 15.5 Å². The van der Waals surface area contributed by atoms with Crippen LogP contribution in [0.4, 0.5) is 6.01 Å². The first-order valence-corrected chi connectivity index (χ1v) is 10.2. The first-order valence-electron chi connectivity index (χ1n) is 9.37. The summed E-state index contributed by atoms with van der Waals surface area (Å²) in [6, 6.07) is 13.3. The van der Waals surface area contributed by atoms with Gasteiger partial charge in [0.25, 0.3) is 5.91 Å². The van der Waals surface area contributed by atoms with E-state index in [4.69, 9.17) is 8.83 Å². The average Bonchev–Trinajstić information content (AvgIpc) is 3.38. The summed E-state index contributed by atoms with van der Waals surface area (Å²) in [6.07, 6.45) is 4.00. The van der Waals surface area contributed by atoms with Gasteiger partial charge in [0.05, 0.1) is 0 Å². The Labute approximate surface area is 171 Å². The molecule has 1 N–H and O–H groups in total. The summed E-state index contributed by atoms with van der Waals surface area (Å²) in [5, 5.41) is 11.4. The van der Waals surface area contributed by atoms with Crippen molar-refractivity contribution in [3.8, 4) is 0 Å². The van der Waals surface area contributed by atoms with E-state index >= 15 is 0 Å². The molecule has 0 aliphatic carbocycles. The van der Waals surface area contributed by atoms with Crippen LogP contribution in [0.3, 0.4) is 0 Å². The lowest BCUT2D eigenvalue weighted by Crippen LogP contribution is -2.30. The fourth-order valence-electron chi connectivity index (χ4n) is 3.30. The third-order valence-electron chi connectivity index (χ3n) is 4.74. The number of benzene rings is 1. The van der Waals surface area contributed by atoms with Crippen LogP contribution in [-0.4, -0.2) is 29.2 Å². The van der Waals surface area contributed by atoms with Crippen LogP contribution >= 0.6 is 15.9 Å². The number of piperidine rings is 1. The van der Waals surface area contributed by atoms with Crippen molar-refractivity contribution in [1.29, 1.82) is 0 Å². The first-order chi connectivity index (χ1) is 13.7. The van der Waals surface area contributed by atoms with Crippen LogP contribution < -0.4 is 10.2 Å². The molecular weight excluding hydrogens is 424 g/mol. The zero-order valence-corrected chi connectivity index (χ0v) is 16.9. The fourth-order valence-corrected chi connectivity index (χ4v) is 3.60. The largest absolute Gasteiger partial charge is 0.444 e. The predicted octanol–water partition coefficient (Wildman–Crippen LogP) is 4.13. The number of carbonyl (C=O) groups is 1. The van der Waals surface area contributed by atoms with E-state index in [0.29, 0.717) is 23.0 Å². The van der Waals surface area contributed by atoms with Crippen LogP contribution in [0.15, 0.2) is 56.0 Å². The van der Waals surface area contributed by atoms with E-state index in [1.165, 1.54) is 6.42 Å². The van der Waals surface area contributed by atoms with Crippen molar-refractivity contribution in [2.24, 2.45) is 0 Å². The van der Waals surface area contributed by atoms with Gasteiger partial charge in [0.1, 0.15) is 6.04 Å². The van der Waals surface area contributed by atoms with E-state index in [-0.39, 0.29) is 11.7 Å². The normalized spacial score (nSPS) is 15.4. The smallest absolute Gasteiger partial charge is 0.318 e. The third kappa shape index (κ3) is 4.44. The minimum absolute atomic E-state index is 0.223. The maximum absolute atomic E-state index is 12.6. The number of nitrogens with one attached hydrogen (secondary N) is 1. The van der Waals surface area contributed by atoms with Crippen molar-refractivity contribution < 1.29 is 13.6 Å². The summed E-state index contributed by atoms with van der Waals surface area (Å²) < 4.78 is 11.8. The Bertz CT molecular complexity index is 918. The molecule has 0 unspecified atom stereocenters. The van der Waals surface area contributed by atoms with Gasteiger partial charge in [0.2, 0.25) is 5.89 Å². The van der Waals surface area contributed by atoms with Gasteiger partial charge in [-0.25, -0.2) is 0 Å². The highest BCUT2D eigenvalue weighted by Gasteiger charge is 2.25. The minimum atomic E-state index is -0.454. The van der Waals surface area contributed by atoms with Crippen LogP contribution in [0, 0.1) is 0 Å². The highest BCUT2D eigenvalue weighted by Crippen LogP contribution is 2.24. The highest BCUT2D eigenvalue weighted by atomic mass is 79.9. The van der Waals surface area contributed by atoms with Crippen LogP contribution in [0.25, 0.3) is 0 Å². The van der Waals surface area contributed by atoms with Crippen LogP contribution in [0.2, 0.25) is 0 Å². The van der Waals surface area contributed by atoms with Gasteiger partial charge in [0.15, 0.2) is 10.4 Å². The molecule has 1 saturated heterocycles. The number of furan rings is 1. The molecule has 1 atom stereocenters. The standard InChI is InChI=1S/C20H21BrN4O3/c21-17-10-9-16(27-17)18(26)22-15(13-14-7-3-1-4-8-14)19-23-24-20(28-19)25-11-5-2-6-12-25/h1,3-4,7-10,15H,2,5-6,11-13H2,(H,22,26)/t15-/m0/s1. The molecule has 4 rings (SSSR count). The number of rotatable bonds is 6. The molecule has 1 aliphatic heterocycles. The number of anilines is 1. The second-order valence-electron chi connectivity index (χ2n) is 6.79. The first kappa shape index (κ1) is 18.7.